The molecule has 29 heavy (non-hydrogen) atoms. The third-order valence-corrected chi connectivity index (χ3v) is 5.35. The van der Waals surface area contributed by atoms with Gasteiger partial charge in [0.2, 0.25) is 5.82 Å². The summed E-state index contributed by atoms with van der Waals surface area (Å²) in [6.45, 7) is 5.65. The number of nitrogens with zero attached hydrogens (tertiary/aromatic N) is 5. The molecule has 1 atom stereocenters. The van der Waals surface area contributed by atoms with Gasteiger partial charge in [0, 0.05) is 35.7 Å². The van der Waals surface area contributed by atoms with Crippen LogP contribution in [0, 0.1) is 13.8 Å². The Morgan fingerprint density at radius 3 is 2.93 bits per heavy atom. The molecule has 3 heterocycles. The number of tetrazole rings is 1. The molecule has 0 saturated carbocycles. The van der Waals surface area contributed by atoms with Gasteiger partial charge in [0.05, 0.1) is 13.2 Å². The smallest absolute Gasteiger partial charge is 0.205 e. The van der Waals surface area contributed by atoms with Crippen LogP contribution in [0.2, 0.25) is 0 Å². The van der Waals surface area contributed by atoms with Gasteiger partial charge in [-0.15, -0.1) is 10.2 Å². The van der Waals surface area contributed by atoms with E-state index < -0.39 is 0 Å². The molecular formula is C21H25N5O3. The van der Waals surface area contributed by atoms with E-state index in [0.29, 0.717) is 17.1 Å². The van der Waals surface area contributed by atoms with Crippen LogP contribution >= 0.6 is 0 Å². The topological polar surface area (TPSA) is 84.1 Å². The lowest BCUT2D eigenvalue weighted by Crippen LogP contribution is -2.18. The van der Waals surface area contributed by atoms with Crippen LogP contribution in [-0.2, 0) is 17.8 Å². The zero-order valence-electron chi connectivity index (χ0n) is 17.0. The Balaban J connectivity index is 1.49. The zero-order chi connectivity index (χ0) is 20.4. The lowest BCUT2D eigenvalue weighted by Gasteiger charge is -2.14. The first-order valence-electron chi connectivity index (χ1n) is 9.79. The molecule has 1 saturated heterocycles. The van der Waals surface area contributed by atoms with Crippen molar-refractivity contribution < 1.29 is 14.3 Å². The third-order valence-electron chi connectivity index (χ3n) is 5.35. The predicted molar refractivity (Wildman–Crippen MR) is 107 cm³/mol. The first-order valence-corrected chi connectivity index (χ1v) is 9.79. The predicted octanol–water partition coefficient (Wildman–Crippen LogP) is 2.83. The first kappa shape index (κ1) is 19.3. The molecule has 8 heteroatoms. The Bertz CT molecular complexity index is 1020. The van der Waals surface area contributed by atoms with Crippen LogP contribution in [0.5, 0.6) is 5.75 Å². The maximum atomic E-state index is 12.9. The van der Waals surface area contributed by atoms with E-state index >= 15 is 0 Å². The minimum atomic E-state index is -0.0358. The summed E-state index contributed by atoms with van der Waals surface area (Å²) in [5.41, 5.74) is 3.50. The minimum Gasteiger partial charge on any atom is -0.497 e. The molecule has 0 aliphatic carbocycles. The largest absolute Gasteiger partial charge is 0.497 e. The van der Waals surface area contributed by atoms with Gasteiger partial charge in [-0.1, -0.05) is 12.1 Å². The molecule has 0 bridgehead atoms. The standard InChI is InChI=1S/C21H25N5O3/c1-14-10-19(15(2)25(14)12-18-8-5-9-29-18)20(27)13-26-23-21(22-24-26)16-6-4-7-17(11-16)28-3/h4,6-7,10-11,18H,5,8-9,12-13H2,1-3H3/t18-/m0/s1. The number of Topliss-reactive ketones (excluding diaryl/α,β-unsaturated/α-hetero) is 1. The van der Waals surface area contributed by atoms with Crippen LogP contribution in [0.15, 0.2) is 30.3 Å². The van der Waals surface area contributed by atoms with E-state index in [9.17, 15) is 4.79 Å². The van der Waals surface area contributed by atoms with Crippen molar-refractivity contribution in [3.8, 4) is 17.1 Å². The minimum absolute atomic E-state index is 0.0358. The number of rotatable bonds is 7. The van der Waals surface area contributed by atoms with Crippen LogP contribution in [0.3, 0.4) is 0 Å². The lowest BCUT2D eigenvalue weighted by atomic mass is 10.1. The van der Waals surface area contributed by atoms with Gasteiger partial charge in [-0.3, -0.25) is 4.79 Å². The van der Waals surface area contributed by atoms with E-state index in [0.717, 1.165) is 42.9 Å². The van der Waals surface area contributed by atoms with Crippen LogP contribution < -0.4 is 4.74 Å². The molecule has 0 unspecified atom stereocenters. The van der Waals surface area contributed by atoms with E-state index in [1.807, 2.05) is 44.2 Å². The van der Waals surface area contributed by atoms with Crippen LogP contribution in [0.1, 0.15) is 34.6 Å². The van der Waals surface area contributed by atoms with Crippen molar-refractivity contribution in [3.05, 3.63) is 47.3 Å². The van der Waals surface area contributed by atoms with E-state index in [2.05, 4.69) is 20.0 Å². The fourth-order valence-corrected chi connectivity index (χ4v) is 3.76. The average Bonchev–Trinajstić information content (AvgIpc) is 3.46. The molecule has 1 fully saturated rings. The highest BCUT2D eigenvalue weighted by molar-refractivity contribution is 5.97. The Morgan fingerprint density at radius 1 is 1.31 bits per heavy atom. The van der Waals surface area contributed by atoms with Gasteiger partial charge >= 0.3 is 0 Å². The number of carbonyl (C=O) groups excluding carboxylic acids is 1. The van der Waals surface area contributed by atoms with E-state index in [-0.39, 0.29) is 18.4 Å². The highest BCUT2D eigenvalue weighted by Crippen LogP contribution is 2.22. The number of ketones is 1. The number of carbonyl (C=O) groups is 1. The van der Waals surface area contributed by atoms with E-state index in [1.165, 1.54) is 4.80 Å². The molecule has 8 nitrogen and oxygen atoms in total. The van der Waals surface area contributed by atoms with Crippen molar-refractivity contribution in [2.45, 2.75) is 45.9 Å². The summed E-state index contributed by atoms with van der Waals surface area (Å²) >= 11 is 0. The molecule has 1 aliphatic rings. The summed E-state index contributed by atoms with van der Waals surface area (Å²) < 4.78 is 13.1. The average molecular weight is 395 g/mol. The van der Waals surface area contributed by atoms with Crippen molar-refractivity contribution in [3.63, 3.8) is 0 Å². The highest BCUT2D eigenvalue weighted by Gasteiger charge is 2.21. The quantitative estimate of drug-likeness (QED) is 0.572. The third kappa shape index (κ3) is 4.07. The molecule has 0 amide bonds. The summed E-state index contributed by atoms with van der Waals surface area (Å²) in [4.78, 5) is 14.2. The van der Waals surface area contributed by atoms with Crippen molar-refractivity contribution in [2.75, 3.05) is 13.7 Å². The fraction of sp³-hybridized carbons (Fsp3) is 0.429. The monoisotopic (exact) mass is 395 g/mol. The molecule has 0 radical (unpaired) electrons. The Kier molecular flexibility index (Phi) is 5.44. The summed E-state index contributed by atoms with van der Waals surface area (Å²) in [5, 5.41) is 12.5. The van der Waals surface area contributed by atoms with Gasteiger partial charge in [0.25, 0.3) is 0 Å². The van der Waals surface area contributed by atoms with Crippen molar-refractivity contribution in [1.29, 1.82) is 0 Å². The Morgan fingerprint density at radius 2 is 2.17 bits per heavy atom. The van der Waals surface area contributed by atoms with Crippen molar-refractivity contribution >= 4 is 5.78 Å². The number of hydrogen-bond donors (Lipinski definition) is 0. The van der Waals surface area contributed by atoms with Crippen molar-refractivity contribution in [2.24, 2.45) is 0 Å². The van der Waals surface area contributed by atoms with Gasteiger partial charge < -0.3 is 14.0 Å². The number of aromatic nitrogens is 5. The molecular weight excluding hydrogens is 370 g/mol. The first-order chi connectivity index (χ1) is 14.0. The van der Waals surface area contributed by atoms with E-state index in [4.69, 9.17) is 9.47 Å². The molecule has 1 aliphatic heterocycles. The second-order valence-corrected chi connectivity index (χ2v) is 7.33. The normalized spacial score (nSPS) is 16.3. The number of methoxy groups -OCH3 is 1. The molecule has 2 aromatic heterocycles. The number of aryl methyl sites for hydroxylation is 1. The summed E-state index contributed by atoms with van der Waals surface area (Å²) in [5.74, 6) is 1.14. The van der Waals surface area contributed by atoms with Gasteiger partial charge in [-0.2, -0.15) is 4.80 Å². The summed E-state index contributed by atoms with van der Waals surface area (Å²) in [6, 6.07) is 9.37. The second kappa shape index (κ2) is 8.16. The van der Waals surface area contributed by atoms with Gasteiger partial charge in [0.15, 0.2) is 5.78 Å². The Hall–Kier alpha value is -3.00. The molecule has 3 aromatic rings. The summed E-state index contributed by atoms with van der Waals surface area (Å²) in [6.07, 6.45) is 2.39. The van der Waals surface area contributed by atoms with Gasteiger partial charge in [0.1, 0.15) is 12.3 Å². The van der Waals surface area contributed by atoms with Gasteiger partial charge in [-0.25, -0.2) is 0 Å². The van der Waals surface area contributed by atoms with Gasteiger partial charge in [-0.05, 0) is 50.1 Å². The zero-order valence-corrected chi connectivity index (χ0v) is 17.0. The van der Waals surface area contributed by atoms with E-state index in [1.54, 1.807) is 7.11 Å². The molecule has 0 N–H and O–H groups in total. The fourth-order valence-electron chi connectivity index (χ4n) is 3.76. The molecule has 152 valence electrons. The maximum Gasteiger partial charge on any atom is 0.205 e. The van der Waals surface area contributed by atoms with Crippen LogP contribution in [0.25, 0.3) is 11.4 Å². The Labute approximate surface area is 169 Å². The van der Waals surface area contributed by atoms with Crippen LogP contribution in [0.4, 0.5) is 0 Å². The molecule has 0 spiro atoms. The number of ether oxygens (including phenoxy) is 2. The summed E-state index contributed by atoms with van der Waals surface area (Å²) in [7, 11) is 1.61. The molecule has 4 rings (SSSR count). The maximum absolute atomic E-state index is 12.9. The van der Waals surface area contributed by atoms with Crippen LogP contribution in [-0.4, -0.2) is 50.4 Å². The molecule has 1 aromatic carbocycles. The second-order valence-electron chi connectivity index (χ2n) is 7.33. The number of hydrogen-bond acceptors (Lipinski definition) is 6. The highest BCUT2D eigenvalue weighted by atomic mass is 16.5. The lowest BCUT2D eigenvalue weighted by molar-refractivity contribution is 0.0943. The SMILES string of the molecule is COc1cccc(-c2nnn(CC(=O)c3cc(C)n(C[C@@H]4CCCO4)c3C)n2)c1. The number of benzene rings is 1. The van der Waals surface area contributed by atoms with Crippen molar-refractivity contribution in [1.82, 2.24) is 24.8 Å².